The Balaban J connectivity index is 1.59. The van der Waals surface area contributed by atoms with Crippen LogP contribution in [0.25, 0.3) is 0 Å². The van der Waals surface area contributed by atoms with Gasteiger partial charge < -0.3 is 20.6 Å². The van der Waals surface area contributed by atoms with Crippen molar-refractivity contribution in [3.05, 3.63) is 47.5 Å². The van der Waals surface area contributed by atoms with Crippen LogP contribution in [0.3, 0.4) is 0 Å². The van der Waals surface area contributed by atoms with E-state index in [0.29, 0.717) is 11.3 Å². The van der Waals surface area contributed by atoms with Gasteiger partial charge in [-0.15, -0.1) is 0 Å². The molecule has 2 aromatic rings. The highest BCUT2D eigenvalue weighted by atomic mass is 16.3. The van der Waals surface area contributed by atoms with Gasteiger partial charge in [0.2, 0.25) is 11.7 Å². The van der Waals surface area contributed by atoms with E-state index in [1.165, 1.54) is 12.1 Å². The third-order valence-corrected chi connectivity index (χ3v) is 3.89. The molecule has 1 fully saturated rings. The number of nitrogens with one attached hydrogen (secondary N) is 2. The fraction of sp³-hybridized carbons (Fsp3) is 0.167. The number of benzene rings is 2. The Kier molecular flexibility index (Phi) is 4.74. The molecule has 0 aromatic heterocycles. The lowest BCUT2D eigenvalue weighted by molar-refractivity contribution is -0.117. The van der Waals surface area contributed by atoms with Gasteiger partial charge in [-0.2, -0.15) is 5.10 Å². The van der Waals surface area contributed by atoms with Crippen LogP contribution in [0.4, 0.5) is 5.69 Å². The molecule has 0 saturated heterocycles. The highest BCUT2D eigenvalue weighted by Gasteiger charge is 2.29. The number of hydrazone groups is 1. The van der Waals surface area contributed by atoms with E-state index in [0.717, 1.165) is 19.1 Å². The Bertz CT molecular complexity index is 873. The van der Waals surface area contributed by atoms with Crippen molar-refractivity contribution in [2.24, 2.45) is 11.0 Å². The standard InChI is InChI=1S/C18H17N3O5/c22-14-8-5-12(15(23)16(14)24)9-19-21-18(26)11-3-6-13(7-4-11)20-17(25)10-1-2-10/h3-10,22-24H,1-2H2,(H,20,25)(H,21,26). The van der Waals surface area contributed by atoms with E-state index in [-0.39, 0.29) is 17.4 Å². The van der Waals surface area contributed by atoms with Gasteiger partial charge in [-0.3, -0.25) is 9.59 Å². The summed E-state index contributed by atoms with van der Waals surface area (Å²) in [6.45, 7) is 0. The fourth-order valence-corrected chi connectivity index (χ4v) is 2.21. The Morgan fingerprint density at radius 2 is 1.69 bits per heavy atom. The van der Waals surface area contributed by atoms with Crippen LogP contribution < -0.4 is 10.7 Å². The largest absolute Gasteiger partial charge is 0.504 e. The van der Waals surface area contributed by atoms with Crippen LogP contribution in [-0.2, 0) is 4.79 Å². The predicted molar refractivity (Wildman–Crippen MR) is 94.3 cm³/mol. The molecule has 0 unspecified atom stereocenters. The zero-order chi connectivity index (χ0) is 18.7. The number of phenolic OH excluding ortho intramolecular Hbond substituents is 3. The van der Waals surface area contributed by atoms with Crippen LogP contribution in [0, 0.1) is 5.92 Å². The Labute approximate surface area is 148 Å². The molecule has 0 heterocycles. The van der Waals surface area contributed by atoms with Crippen molar-refractivity contribution in [2.45, 2.75) is 12.8 Å². The van der Waals surface area contributed by atoms with Crippen molar-refractivity contribution in [2.75, 3.05) is 5.32 Å². The summed E-state index contributed by atoms with van der Waals surface area (Å²) in [7, 11) is 0. The summed E-state index contributed by atoms with van der Waals surface area (Å²) in [4.78, 5) is 23.7. The molecule has 1 aliphatic rings. The van der Waals surface area contributed by atoms with E-state index in [4.69, 9.17) is 0 Å². The first kappa shape index (κ1) is 17.3. The summed E-state index contributed by atoms with van der Waals surface area (Å²) in [6, 6.07) is 8.88. The zero-order valence-electron chi connectivity index (χ0n) is 13.6. The van der Waals surface area contributed by atoms with Crippen LogP contribution in [-0.4, -0.2) is 33.3 Å². The minimum Gasteiger partial charge on any atom is -0.504 e. The van der Waals surface area contributed by atoms with Crippen molar-refractivity contribution >= 4 is 23.7 Å². The Morgan fingerprint density at radius 3 is 2.35 bits per heavy atom. The first-order chi connectivity index (χ1) is 12.5. The van der Waals surface area contributed by atoms with Gasteiger partial charge in [-0.05, 0) is 49.2 Å². The summed E-state index contributed by atoms with van der Waals surface area (Å²) in [5.41, 5.74) is 3.36. The molecule has 5 N–H and O–H groups in total. The number of anilines is 1. The highest BCUT2D eigenvalue weighted by Crippen LogP contribution is 2.36. The van der Waals surface area contributed by atoms with Gasteiger partial charge in [0.05, 0.1) is 6.21 Å². The maximum atomic E-state index is 12.0. The van der Waals surface area contributed by atoms with E-state index >= 15 is 0 Å². The topological polar surface area (TPSA) is 131 Å². The summed E-state index contributed by atoms with van der Waals surface area (Å²) in [5, 5.41) is 34.8. The van der Waals surface area contributed by atoms with Crippen molar-refractivity contribution in [1.82, 2.24) is 5.43 Å². The van der Waals surface area contributed by atoms with Gasteiger partial charge in [0.15, 0.2) is 11.5 Å². The molecule has 0 spiro atoms. The van der Waals surface area contributed by atoms with Crippen LogP contribution in [0.1, 0.15) is 28.8 Å². The molecular formula is C18H17N3O5. The second kappa shape index (κ2) is 7.14. The van der Waals surface area contributed by atoms with Gasteiger partial charge in [0.25, 0.3) is 5.91 Å². The number of carbonyl (C=O) groups excluding carboxylic acids is 2. The molecule has 2 aromatic carbocycles. The molecular weight excluding hydrogens is 338 g/mol. The van der Waals surface area contributed by atoms with Crippen molar-refractivity contribution in [1.29, 1.82) is 0 Å². The molecule has 1 saturated carbocycles. The van der Waals surface area contributed by atoms with Gasteiger partial charge in [0, 0.05) is 22.7 Å². The van der Waals surface area contributed by atoms with Crippen LogP contribution >= 0.6 is 0 Å². The smallest absolute Gasteiger partial charge is 0.271 e. The van der Waals surface area contributed by atoms with E-state index in [1.807, 2.05) is 0 Å². The molecule has 26 heavy (non-hydrogen) atoms. The third kappa shape index (κ3) is 3.92. The number of phenols is 3. The van der Waals surface area contributed by atoms with E-state index in [9.17, 15) is 24.9 Å². The zero-order valence-corrected chi connectivity index (χ0v) is 13.6. The number of carbonyl (C=O) groups is 2. The highest BCUT2D eigenvalue weighted by molar-refractivity contribution is 5.97. The lowest BCUT2D eigenvalue weighted by atomic mass is 10.2. The normalized spacial score (nSPS) is 13.5. The van der Waals surface area contributed by atoms with Crippen LogP contribution in [0.5, 0.6) is 17.2 Å². The fourth-order valence-electron chi connectivity index (χ4n) is 2.21. The number of nitrogens with zero attached hydrogens (tertiary/aromatic N) is 1. The summed E-state index contributed by atoms with van der Waals surface area (Å²) >= 11 is 0. The minimum atomic E-state index is -0.663. The molecule has 3 rings (SSSR count). The number of hydrogen-bond acceptors (Lipinski definition) is 6. The quantitative estimate of drug-likeness (QED) is 0.318. The lowest BCUT2D eigenvalue weighted by Gasteiger charge is -2.05. The average molecular weight is 355 g/mol. The van der Waals surface area contributed by atoms with E-state index in [1.54, 1.807) is 24.3 Å². The molecule has 0 bridgehead atoms. The first-order valence-corrected chi connectivity index (χ1v) is 7.94. The number of hydrogen-bond donors (Lipinski definition) is 5. The first-order valence-electron chi connectivity index (χ1n) is 7.94. The van der Waals surface area contributed by atoms with E-state index in [2.05, 4.69) is 15.8 Å². The summed E-state index contributed by atoms with van der Waals surface area (Å²) < 4.78 is 0. The maximum absolute atomic E-state index is 12.0. The minimum absolute atomic E-state index is 0.0104. The molecule has 0 aliphatic heterocycles. The van der Waals surface area contributed by atoms with Crippen molar-refractivity contribution < 1.29 is 24.9 Å². The monoisotopic (exact) mass is 355 g/mol. The molecule has 2 amide bonds. The van der Waals surface area contributed by atoms with Crippen molar-refractivity contribution in [3.63, 3.8) is 0 Å². The molecule has 134 valence electrons. The molecule has 0 radical (unpaired) electrons. The Morgan fingerprint density at radius 1 is 1.00 bits per heavy atom. The van der Waals surface area contributed by atoms with Gasteiger partial charge >= 0.3 is 0 Å². The molecule has 8 heteroatoms. The van der Waals surface area contributed by atoms with Gasteiger partial charge in [-0.25, -0.2) is 5.43 Å². The maximum Gasteiger partial charge on any atom is 0.271 e. The van der Waals surface area contributed by atoms with Crippen molar-refractivity contribution in [3.8, 4) is 17.2 Å². The molecule has 1 aliphatic carbocycles. The number of amides is 2. The summed E-state index contributed by atoms with van der Waals surface area (Å²) in [6.07, 6.45) is 2.97. The number of aromatic hydroxyl groups is 3. The third-order valence-electron chi connectivity index (χ3n) is 3.89. The van der Waals surface area contributed by atoms with Crippen LogP contribution in [0.15, 0.2) is 41.5 Å². The second-order valence-corrected chi connectivity index (χ2v) is 5.91. The number of rotatable bonds is 5. The van der Waals surface area contributed by atoms with Gasteiger partial charge in [-0.1, -0.05) is 0 Å². The van der Waals surface area contributed by atoms with Crippen LogP contribution in [0.2, 0.25) is 0 Å². The predicted octanol–water partition coefficient (Wildman–Crippen LogP) is 1.92. The second-order valence-electron chi connectivity index (χ2n) is 5.91. The Hall–Kier alpha value is -3.55. The average Bonchev–Trinajstić information content (AvgIpc) is 3.47. The van der Waals surface area contributed by atoms with E-state index < -0.39 is 23.2 Å². The lowest BCUT2D eigenvalue weighted by Crippen LogP contribution is -2.18. The summed E-state index contributed by atoms with van der Waals surface area (Å²) in [5.74, 6) is -2.06. The SMILES string of the molecule is O=C(NN=Cc1ccc(O)c(O)c1O)c1ccc(NC(=O)C2CC2)cc1. The molecule has 0 atom stereocenters. The molecule has 8 nitrogen and oxygen atoms in total. The van der Waals surface area contributed by atoms with Gasteiger partial charge in [0.1, 0.15) is 0 Å².